The summed E-state index contributed by atoms with van der Waals surface area (Å²) in [5, 5.41) is 11.8. The number of amides is 1. The second kappa shape index (κ2) is 6.45. The first-order chi connectivity index (χ1) is 9.59. The molecule has 1 aromatic rings. The first kappa shape index (κ1) is 14.4. The van der Waals surface area contributed by atoms with Crippen molar-refractivity contribution in [2.24, 2.45) is 11.8 Å². The molecule has 2 unspecified atom stereocenters. The van der Waals surface area contributed by atoms with Gasteiger partial charge in [-0.2, -0.15) is 4.39 Å². The largest absolute Gasteiger partial charge is 0.481 e. The highest BCUT2D eigenvalue weighted by molar-refractivity contribution is 5.94. The van der Waals surface area contributed by atoms with E-state index in [2.05, 4.69) is 10.3 Å². The average Bonchev–Trinajstić information content (AvgIpc) is 2.45. The van der Waals surface area contributed by atoms with Crippen LogP contribution < -0.4 is 5.32 Å². The lowest BCUT2D eigenvalue weighted by Gasteiger charge is -2.28. The molecule has 1 aliphatic carbocycles. The quantitative estimate of drug-likeness (QED) is 0.825. The minimum atomic E-state index is -0.823. The Morgan fingerprint density at radius 3 is 2.85 bits per heavy atom. The highest BCUT2D eigenvalue weighted by Crippen LogP contribution is 2.29. The summed E-state index contributed by atoms with van der Waals surface area (Å²) in [5.41, 5.74) is -0.116. The summed E-state index contributed by atoms with van der Waals surface area (Å²) in [7, 11) is 0. The van der Waals surface area contributed by atoms with Crippen molar-refractivity contribution >= 4 is 11.9 Å². The van der Waals surface area contributed by atoms with Crippen LogP contribution in [-0.2, 0) is 4.79 Å². The number of carbonyl (C=O) groups excluding carboxylic acids is 1. The zero-order valence-corrected chi connectivity index (χ0v) is 11.0. The number of pyridine rings is 1. The molecule has 108 valence electrons. The van der Waals surface area contributed by atoms with Crippen LogP contribution in [0, 0.1) is 17.8 Å². The Morgan fingerprint density at radius 2 is 2.15 bits per heavy atom. The van der Waals surface area contributed by atoms with Crippen molar-refractivity contribution in [1.29, 1.82) is 0 Å². The molecule has 0 saturated heterocycles. The molecular formula is C14H17FN2O3. The van der Waals surface area contributed by atoms with E-state index in [1.54, 1.807) is 0 Å². The van der Waals surface area contributed by atoms with Crippen molar-refractivity contribution in [3.63, 3.8) is 0 Å². The van der Waals surface area contributed by atoms with Crippen molar-refractivity contribution in [2.75, 3.05) is 6.54 Å². The topological polar surface area (TPSA) is 79.3 Å². The Morgan fingerprint density at radius 1 is 1.40 bits per heavy atom. The van der Waals surface area contributed by atoms with E-state index in [4.69, 9.17) is 5.11 Å². The number of rotatable bonds is 4. The molecule has 1 fully saturated rings. The lowest BCUT2D eigenvalue weighted by Crippen LogP contribution is -2.37. The zero-order chi connectivity index (χ0) is 14.5. The number of nitrogens with one attached hydrogen (secondary N) is 1. The standard InChI is InChI=1S/C14H17FN2O3/c15-12-11(6-3-7-16-12)13(18)17-8-9-4-1-2-5-10(9)14(19)20/h3,6-7,9-10H,1-2,4-5,8H2,(H,17,18)(H,19,20). The van der Waals surface area contributed by atoms with Gasteiger partial charge in [0.05, 0.1) is 11.5 Å². The smallest absolute Gasteiger partial charge is 0.306 e. The Hall–Kier alpha value is -1.98. The van der Waals surface area contributed by atoms with Gasteiger partial charge in [-0.25, -0.2) is 4.98 Å². The summed E-state index contributed by atoms with van der Waals surface area (Å²) in [4.78, 5) is 26.4. The number of carbonyl (C=O) groups is 2. The third-order valence-electron chi connectivity index (χ3n) is 3.75. The number of aromatic nitrogens is 1. The van der Waals surface area contributed by atoms with Crippen molar-refractivity contribution < 1.29 is 19.1 Å². The monoisotopic (exact) mass is 280 g/mol. The van der Waals surface area contributed by atoms with E-state index in [1.807, 2.05) is 0 Å². The molecule has 6 heteroatoms. The zero-order valence-electron chi connectivity index (χ0n) is 11.0. The number of hydrogen-bond donors (Lipinski definition) is 2. The Kier molecular flexibility index (Phi) is 4.65. The molecule has 1 heterocycles. The molecule has 0 spiro atoms. The van der Waals surface area contributed by atoms with Crippen LogP contribution in [0.2, 0.25) is 0 Å². The summed E-state index contributed by atoms with van der Waals surface area (Å²) in [6, 6.07) is 2.84. The molecule has 5 nitrogen and oxygen atoms in total. The molecule has 2 atom stereocenters. The van der Waals surface area contributed by atoms with Crippen molar-refractivity contribution in [3.05, 3.63) is 29.8 Å². The number of hydrogen-bond acceptors (Lipinski definition) is 3. The predicted octanol–water partition coefficient (Wildman–Crippen LogP) is 1.84. The fourth-order valence-corrected chi connectivity index (χ4v) is 2.65. The molecule has 1 saturated carbocycles. The van der Waals surface area contributed by atoms with Gasteiger partial charge < -0.3 is 10.4 Å². The Balaban J connectivity index is 1.95. The molecule has 0 bridgehead atoms. The van der Waals surface area contributed by atoms with Gasteiger partial charge in [0.25, 0.3) is 5.91 Å². The van der Waals surface area contributed by atoms with Crippen LogP contribution in [0.25, 0.3) is 0 Å². The van der Waals surface area contributed by atoms with Gasteiger partial charge in [0.15, 0.2) is 0 Å². The van der Waals surface area contributed by atoms with Crippen LogP contribution in [-0.4, -0.2) is 28.5 Å². The van der Waals surface area contributed by atoms with E-state index in [0.29, 0.717) is 6.42 Å². The van der Waals surface area contributed by atoms with Gasteiger partial charge in [0.2, 0.25) is 5.95 Å². The van der Waals surface area contributed by atoms with Gasteiger partial charge in [-0.15, -0.1) is 0 Å². The van der Waals surface area contributed by atoms with Crippen LogP contribution in [0.4, 0.5) is 4.39 Å². The van der Waals surface area contributed by atoms with Gasteiger partial charge in [-0.05, 0) is 30.9 Å². The third-order valence-corrected chi connectivity index (χ3v) is 3.75. The highest BCUT2D eigenvalue weighted by atomic mass is 19.1. The van der Waals surface area contributed by atoms with Crippen LogP contribution in [0.15, 0.2) is 18.3 Å². The lowest BCUT2D eigenvalue weighted by atomic mass is 9.79. The second-order valence-electron chi connectivity index (χ2n) is 5.04. The molecule has 2 N–H and O–H groups in total. The summed E-state index contributed by atoms with van der Waals surface area (Å²) in [6.45, 7) is 0.254. The molecular weight excluding hydrogens is 263 g/mol. The minimum absolute atomic E-state index is 0.0927. The highest BCUT2D eigenvalue weighted by Gasteiger charge is 2.31. The fourth-order valence-electron chi connectivity index (χ4n) is 2.65. The number of halogens is 1. The maximum absolute atomic E-state index is 13.3. The molecule has 0 aliphatic heterocycles. The molecule has 0 aromatic carbocycles. The molecule has 0 radical (unpaired) electrons. The van der Waals surface area contributed by atoms with Gasteiger partial charge in [-0.1, -0.05) is 12.8 Å². The molecule has 1 amide bonds. The van der Waals surface area contributed by atoms with Crippen LogP contribution >= 0.6 is 0 Å². The van der Waals surface area contributed by atoms with Crippen LogP contribution in [0.5, 0.6) is 0 Å². The van der Waals surface area contributed by atoms with Crippen molar-refractivity contribution in [3.8, 4) is 0 Å². The number of carboxylic acids is 1. The normalized spacial score (nSPS) is 22.2. The lowest BCUT2D eigenvalue weighted by molar-refractivity contribution is -0.144. The average molecular weight is 280 g/mol. The van der Waals surface area contributed by atoms with Gasteiger partial charge in [-0.3, -0.25) is 9.59 Å². The van der Waals surface area contributed by atoms with E-state index >= 15 is 0 Å². The Labute approximate surface area is 116 Å². The maximum Gasteiger partial charge on any atom is 0.306 e. The summed E-state index contributed by atoms with van der Waals surface area (Å²) >= 11 is 0. The number of carboxylic acid groups (broad SMARTS) is 1. The third kappa shape index (κ3) is 3.31. The minimum Gasteiger partial charge on any atom is -0.481 e. The van der Waals surface area contributed by atoms with Crippen LogP contribution in [0.3, 0.4) is 0 Å². The molecule has 20 heavy (non-hydrogen) atoms. The Bertz CT molecular complexity index is 507. The van der Waals surface area contributed by atoms with Gasteiger partial charge in [0.1, 0.15) is 0 Å². The maximum atomic E-state index is 13.3. The van der Waals surface area contributed by atoms with Gasteiger partial charge >= 0.3 is 5.97 Å². The van der Waals surface area contributed by atoms with Crippen molar-refractivity contribution in [1.82, 2.24) is 10.3 Å². The SMILES string of the molecule is O=C(NCC1CCCCC1C(=O)O)c1cccnc1F. The van der Waals surface area contributed by atoms with Crippen molar-refractivity contribution in [2.45, 2.75) is 25.7 Å². The first-order valence-corrected chi connectivity index (χ1v) is 6.71. The summed E-state index contributed by atoms with van der Waals surface area (Å²) < 4.78 is 13.3. The molecule has 1 aromatic heterocycles. The summed E-state index contributed by atoms with van der Waals surface area (Å²) in [6.07, 6.45) is 4.54. The molecule has 2 rings (SSSR count). The van der Waals surface area contributed by atoms with E-state index in [0.717, 1.165) is 19.3 Å². The van der Waals surface area contributed by atoms with E-state index < -0.39 is 23.7 Å². The second-order valence-corrected chi connectivity index (χ2v) is 5.04. The number of nitrogens with zero attached hydrogens (tertiary/aromatic N) is 1. The molecule has 1 aliphatic rings. The fraction of sp³-hybridized carbons (Fsp3) is 0.500. The summed E-state index contributed by atoms with van der Waals surface area (Å²) in [5.74, 6) is -2.71. The van der Waals surface area contributed by atoms with E-state index in [-0.39, 0.29) is 18.0 Å². The van der Waals surface area contributed by atoms with E-state index in [1.165, 1.54) is 18.3 Å². The van der Waals surface area contributed by atoms with E-state index in [9.17, 15) is 14.0 Å². The van der Waals surface area contributed by atoms with Crippen LogP contribution in [0.1, 0.15) is 36.0 Å². The number of aliphatic carboxylic acids is 1. The first-order valence-electron chi connectivity index (χ1n) is 6.71. The predicted molar refractivity (Wildman–Crippen MR) is 69.6 cm³/mol. The van der Waals surface area contributed by atoms with Gasteiger partial charge in [0, 0.05) is 12.7 Å².